The van der Waals surface area contributed by atoms with E-state index >= 15 is 0 Å². The Kier molecular flexibility index (Phi) is 3.38. The number of oxazole rings is 1. The van der Waals surface area contributed by atoms with Gasteiger partial charge in [0.25, 0.3) is 0 Å². The minimum Gasteiger partial charge on any atom is -0.445 e. The first-order valence-electron chi connectivity index (χ1n) is 5.65. The summed E-state index contributed by atoms with van der Waals surface area (Å²) in [5.74, 6) is 2.73. The summed E-state index contributed by atoms with van der Waals surface area (Å²) >= 11 is 0. The van der Waals surface area contributed by atoms with Gasteiger partial charge in [0.2, 0.25) is 0 Å². The van der Waals surface area contributed by atoms with Gasteiger partial charge in [-0.3, -0.25) is 0 Å². The Hall–Kier alpha value is -0.870. The lowest BCUT2D eigenvalue weighted by Crippen LogP contribution is -2.11. The summed E-state index contributed by atoms with van der Waals surface area (Å²) in [5.41, 5.74) is 5.58. The van der Waals surface area contributed by atoms with Crippen molar-refractivity contribution in [1.29, 1.82) is 0 Å². The van der Waals surface area contributed by atoms with Crippen LogP contribution in [0.4, 0.5) is 0 Å². The predicted octanol–water partition coefficient (Wildman–Crippen LogP) is 0.889. The highest BCUT2D eigenvalue weighted by atomic mass is 16.4. The topological polar surface area (TPSA) is 64.1 Å². The Morgan fingerprint density at radius 2 is 2.60 bits per heavy atom. The van der Waals surface area contributed by atoms with Gasteiger partial charge in [-0.2, -0.15) is 0 Å². The Bertz CT molecular complexity index is 305. The molecule has 0 bridgehead atoms. The molecule has 1 aromatic heterocycles. The summed E-state index contributed by atoms with van der Waals surface area (Å²) in [5, 5.41) is 3.34. The van der Waals surface area contributed by atoms with Crippen LogP contribution in [0.15, 0.2) is 10.6 Å². The molecule has 0 amide bonds. The van der Waals surface area contributed by atoms with Gasteiger partial charge in [0.1, 0.15) is 5.76 Å². The lowest BCUT2D eigenvalue weighted by molar-refractivity contribution is 0.403. The number of aromatic nitrogens is 1. The van der Waals surface area contributed by atoms with Crippen molar-refractivity contribution in [2.24, 2.45) is 11.7 Å². The molecule has 3 N–H and O–H groups in total. The third kappa shape index (κ3) is 2.58. The molecule has 1 aromatic rings. The largest absolute Gasteiger partial charge is 0.445 e. The molecule has 2 heterocycles. The minimum atomic E-state index is 0.271. The Balaban J connectivity index is 1.94. The summed E-state index contributed by atoms with van der Waals surface area (Å²) < 4.78 is 5.68. The maximum Gasteiger partial charge on any atom is 0.194 e. The molecule has 0 spiro atoms. The van der Waals surface area contributed by atoms with Crippen LogP contribution in [0.1, 0.15) is 30.9 Å². The van der Waals surface area contributed by atoms with E-state index in [2.05, 4.69) is 17.2 Å². The van der Waals surface area contributed by atoms with E-state index in [0.717, 1.165) is 31.2 Å². The van der Waals surface area contributed by atoms with Crippen LogP contribution in [0.2, 0.25) is 0 Å². The normalized spacial score (nSPS) is 23.2. The first-order chi connectivity index (χ1) is 7.29. The molecule has 2 rings (SSSR count). The third-order valence-corrected chi connectivity index (χ3v) is 3.04. The van der Waals surface area contributed by atoms with Crippen molar-refractivity contribution >= 4 is 0 Å². The second-order valence-corrected chi connectivity index (χ2v) is 4.36. The number of nitrogens with zero attached hydrogens (tertiary/aromatic N) is 1. The Morgan fingerprint density at radius 1 is 1.73 bits per heavy atom. The van der Waals surface area contributed by atoms with E-state index in [0.29, 0.717) is 12.5 Å². The summed E-state index contributed by atoms with van der Waals surface area (Å²) in [6, 6.07) is 0. The maximum atomic E-state index is 5.68. The first kappa shape index (κ1) is 10.6. The van der Waals surface area contributed by atoms with Crippen molar-refractivity contribution in [3.8, 4) is 0 Å². The van der Waals surface area contributed by atoms with E-state index < -0.39 is 0 Å². The average Bonchev–Trinajstić information content (AvgIpc) is 2.88. The van der Waals surface area contributed by atoms with Crippen molar-refractivity contribution in [1.82, 2.24) is 10.3 Å². The summed E-state index contributed by atoms with van der Waals surface area (Å²) in [4.78, 5) is 4.30. The summed E-state index contributed by atoms with van der Waals surface area (Å²) in [7, 11) is 0. The molecule has 0 aromatic carbocycles. The van der Waals surface area contributed by atoms with E-state index in [1.807, 2.05) is 6.20 Å². The fourth-order valence-corrected chi connectivity index (χ4v) is 1.90. The van der Waals surface area contributed by atoms with Crippen LogP contribution in [0.25, 0.3) is 0 Å². The van der Waals surface area contributed by atoms with E-state index in [4.69, 9.17) is 10.2 Å². The van der Waals surface area contributed by atoms with Gasteiger partial charge in [0.15, 0.2) is 5.89 Å². The maximum absolute atomic E-state index is 5.68. The zero-order valence-electron chi connectivity index (χ0n) is 9.20. The number of hydrogen-bond acceptors (Lipinski definition) is 4. The zero-order valence-corrected chi connectivity index (χ0v) is 9.20. The minimum absolute atomic E-state index is 0.271. The number of hydrogen-bond donors (Lipinski definition) is 2. The molecule has 1 aliphatic rings. The van der Waals surface area contributed by atoms with Crippen LogP contribution in [0, 0.1) is 5.92 Å². The van der Waals surface area contributed by atoms with Gasteiger partial charge in [0, 0.05) is 18.9 Å². The summed E-state index contributed by atoms with van der Waals surface area (Å²) in [6.07, 6.45) is 3.99. The molecule has 2 unspecified atom stereocenters. The van der Waals surface area contributed by atoms with Crippen molar-refractivity contribution in [3.63, 3.8) is 0 Å². The quantitative estimate of drug-likeness (QED) is 0.773. The first-order valence-corrected chi connectivity index (χ1v) is 5.65. The van der Waals surface area contributed by atoms with Gasteiger partial charge in [0.05, 0.1) is 6.20 Å². The Morgan fingerprint density at radius 3 is 3.27 bits per heavy atom. The van der Waals surface area contributed by atoms with Crippen molar-refractivity contribution in [2.75, 3.05) is 19.6 Å². The molecule has 1 aliphatic heterocycles. The van der Waals surface area contributed by atoms with E-state index in [9.17, 15) is 0 Å². The predicted molar refractivity (Wildman–Crippen MR) is 58.7 cm³/mol. The fraction of sp³-hybridized carbons (Fsp3) is 0.727. The van der Waals surface area contributed by atoms with Gasteiger partial charge in [-0.1, -0.05) is 6.92 Å². The van der Waals surface area contributed by atoms with Crippen LogP contribution in [-0.2, 0) is 6.42 Å². The molecule has 4 heteroatoms. The molecular weight excluding hydrogens is 190 g/mol. The van der Waals surface area contributed by atoms with Crippen LogP contribution in [0.3, 0.4) is 0 Å². The van der Waals surface area contributed by atoms with Gasteiger partial charge in [-0.25, -0.2) is 4.98 Å². The van der Waals surface area contributed by atoms with Crippen molar-refractivity contribution in [3.05, 3.63) is 17.8 Å². The number of nitrogens with two attached hydrogens (primary N) is 1. The molecule has 1 saturated heterocycles. The van der Waals surface area contributed by atoms with Gasteiger partial charge < -0.3 is 15.5 Å². The molecule has 0 aliphatic carbocycles. The molecule has 84 valence electrons. The molecule has 0 saturated carbocycles. The highest BCUT2D eigenvalue weighted by Gasteiger charge is 2.18. The smallest absolute Gasteiger partial charge is 0.194 e. The molecule has 15 heavy (non-hydrogen) atoms. The zero-order chi connectivity index (χ0) is 10.7. The number of rotatable bonds is 4. The van der Waals surface area contributed by atoms with Crippen LogP contribution in [-0.4, -0.2) is 24.6 Å². The van der Waals surface area contributed by atoms with Gasteiger partial charge in [-0.05, 0) is 25.4 Å². The highest BCUT2D eigenvalue weighted by Crippen LogP contribution is 2.19. The van der Waals surface area contributed by atoms with Crippen LogP contribution in [0.5, 0.6) is 0 Å². The SMILES string of the molecule is CC(CN)c1cnc(CC2CCNC2)o1. The van der Waals surface area contributed by atoms with Gasteiger partial charge >= 0.3 is 0 Å². The van der Waals surface area contributed by atoms with E-state index in [1.54, 1.807) is 0 Å². The fourth-order valence-electron chi connectivity index (χ4n) is 1.90. The number of nitrogens with one attached hydrogen (secondary N) is 1. The van der Waals surface area contributed by atoms with Crippen LogP contribution >= 0.6 is 0 Å². The Labute approximate surface area is 90.2 Å². The van der Waals surface area contributed by atoms with Crippen molar-refractivity contribution < 1.29 is 4.42 Å². The molecule has 0 radical (unpaired) electrons. The standard InChI is InChI=1S/C11H19N3O/c1-8(5-12)10-7-14-11(15-10)4-9-2-3-13-6-9/h7-9,13H,2-6,12H2,1H3. The van der Waals surface area contributed by atoms with Crippen LogP contribution < -0.4 is 11.1 Å². The van der Waals surface area contributed by atoms with E-state index in [-0.39, 0.29) is 5.92 Å². The molecule has 1 fully saturated rings. The van der Waals surface area contributed by atoms with Crippen molar-refractivity contribution in [2.45, 2.75) is 25.7 Å². The molecule has 4 nitrogen and oxygen atoms in total. The van der Waals surface area contributed by atoms with Gasteiger partial charge in [-0.15, -0.1) is 0 Å². The lowest BCUT2D eigenvalue weighted by Gasteiger charge is -2.05. The second-order valence-electron chi connectivity index (χ2n) is 4.36. The second kappa shape index (κ2) is 4.77. The van der Waals surface area contributed by atoms with E-state index in [1.165, 1.54) is 6.42 Å². The monoisotopic (exact) mass is 209 g/mol. The highest BCUT2D eigenvalue weighted by molar-refractivity contribution is 5.01. The lowest BCUT2D eigenvalue weighted by atomic mass is 10.1. The summed E-state index contributed by atoms with van der Waals surface area (Å²) in [6.45, 7) is 4.88. The molecular formula is C11H19N3O. The molecule has 2 atom stereocenters. The average molecular weight is 209 g/mol. The third-order valence-electron chi connectivity index (χ3n) is 3.04.